The lowest BCUT2D eigenvalue weighted by Gasteiger charge is -2.07. The molecule has 0 radical (unpaired) electrons. The number of carbonyl (C=O) groups is 1. The molecule has 25 heavy (non-hydrogen) atoms. The standard InChI is InChI=1S/C22H22N2O/c1-3-8-22(25)21-12-7-11-20(24-21)19(4-2)23-18-14-13-16-9-5-6-10-17(16)15-18/h5-7,9-15H,3-4,8H2,1-2H3. The van der Waals surface area contributed by atoms with E-state index in [1.54, 1.807) is 6.07 Å². The van der Waals surface area contributed by atoms with Gasteiger partial charge in [-0.1, -0.05) is 50.2 Å². The summed E-state index contributed by atoms with van der Waals surface area (Å²) in [5.74, 6) is 0.0884. The van der Waals surface area contributed by atoms with Crippen molar-refractivity contribution in [3.05, 3.63) is 72.1 Å². The Morgan fingerprint density at radius 2 is 1.68 bits per heavy atom. The zero-order chi connectivity index (χ0) is 17.6. The Bertz CT molecular complexity index is 928. The van der Waals surface area contributed by atoms with E-state index in [2.05, 4.69) is 36.2 Å². The minimum Gasteiger partial charge on any atom is -0.292 e. The molecule has 0 saturated heterocycles. The molecular formula is C22H22N2O. The first-order valence-electron chi connectivity index (χ1n) is 8.78. The molecule has 0 aliphatic carbocycles. The van der Waals surface area contributed by atoms with Crippen LogP contribution in [0, 0.1) is 0 Å². The maximum atomic E-state index is 12.1. The Morgan fingerprint density at radius 1 is 0.920 bits per heavy atom. The molecule has 1 aromatic heterocycles. The van der Waals surface area contributed by atoms with Crippen LogP contribution < -0.4 is 0 Å². The Labute approximate surface area is 148 Å². The number of aromatic nitrogens is 1. The molecule has 3 heteroatoms. The van der Waals surface area contributed by atoms with Crippen LogP contribution in [0.5, 0.6) is 0 Å². The molecule has 0 saturated carbocycles. The average molecular weight is 330 g/mol. The van der Waals surface area contributed by atoms with E-state index >= 15 is 0 Å². The third kappa shape index (κ3) is 4.00. The van der Waals surface area contributed by atoms with Crippen molar-refractivity contribution in [1.82, 2.24) is 4.98 Å². The van der Waals surface area contributed by atoms with Gasteiger partial charge < -0.3 is 0 Å². The first-order chi connectivity index (χ1) is 12.2. The lowest BCUT2D eigenvalue weighted by molar-refractivity contribution is 0.0977. The van der Waals surface area contributed by atoms with E-state index in [1.165, 1.54) is 10.8 Å². The maximum absolute atomic E-state index is 12.1. The molecule has 3 nitrogen and oxygen atoms in total. The van der Waals surface area contributed by atoms with E-state index in [0.717, 1.165) is 29.9 Å². The van der Waals surface area contributed by atoms with Gasteiger partial charge in [0, 0.05) is 6.42 Å². The maximum Gasteiger partial charge on any atom is 0.181 e. The van der Waals surface area contributed by atoms with E-state index in [4.69, 9.17) is 4.99 Å². The summed E-state index contributed by atoms with van der Waals surface area (Å²) in [6.45, 7) is 4.06. The monoisotopic (exact) mass is 330 g/mol. The van der Waals surface area contributed by atoms with Crippen LogP contribution in [-0.4, -0.2) is 16.5 Å². The van der Waals surface area contributed by atoms with Crippen molar-refractivity contribution in [3.8, 4) is 0 Å². The SMILES string of the molecule is CCCC(=O)c1cccc(C(CC)=Nc2ccc3ccccc3c2)n1. The minimum absolute atomic E-state index is 0.0884. The van der Waals surface area contributed by atoms with Gasteiger partial charge in [0.25, 0.3) is 0 Å². The van der Waals surface area contributed by atoms with Crippen molar-refractivity contribution in [3.63, 3.8) is 0 Å². The van der Waals surface area contributed by atoms with Crippen LogP contribution in [-0.2, 0) is 0 Å². The van der Waals surface area contributed by atoms with Gasteiger partial charge in [-0.2, -0.15) is 0 Å². The van der Waals surface area contributed by atoms with E-state index in [0.29, 0.717) is 12.1 Å². The van der Waals surface area contributed by atoms with Crippen LogP contribution in [0.15, 0.2) is 65.7 Å². The summed E-state index contributed by atoms with van der Waals surface area (Å²) >= 11 is 0. The molecule has 2 aromatic carbocycles. The van der Waals surface area contributed by atoms with Crippen molar-refractivity contribution in [2.45, 2.75) is 33.1 Å². The average Bonchev–Trinajstić information content (AvgIpc) is 2.66. The zero-order valence-electron chi connectivity index (χ0n) is 14.7. The highest BCUT2D eigenvalue weighted by Gasteiger charge is 2.10. The Morgan fingerprint density at radius 3 is 2.44 bits per heavy atom. The summed E-state index contributed by atoms with van der Waals surface area (Å²) in [5, 5.41) is 2.36. The Kier molecular flexibility index (Phi) is 5.34. The van der Waals surface area contributed by atoms with Gasteiger partial charge >= 0.3 is 0 Å². The fraction of sp³-hybridized carbons (Fsp3) is 0.227. The number of ketones is 1. The van der Waals surface area contributed by atoms with Crippen molar-refractivity contribution in [2.24, 2.45) is 4.99 Å². The highest BCUT2D eigenvalue weighted by molar-refractivity contribution is 6.02. The molecule has 0 aliphatic rings. The van der Waals surface area contributed by atoms with E-state index in [1.807, 2.05) is 37.3 Å². The predicted molar refractivity (Wildman–Crippen MR) is 104 cm³/mol. The van der Waals surface area contributed by atoms with Crippen LogP contribution in [0.1, 0.15) is 49.3 Å². The van der Waals surface area contributed by atoms with Gasteiger partial charge in [0.15, 0.2) is 5.78 Å². The molecule has 0 unspecified atom stereocenters. The molecule has 0 aliphatic heterocycles. The first-order valence-corrected chi connectivity index (χ1v) is 8.78. The highest BCUT2D eigenvalue weighted by Crippen LogP contribution is 2.22. The van der Waals surface area contributed by atoms with E-state index in [-0.39, 0.29) is 5.78 Å². The molecule has 0 fully saturated rings. The van der Waals surface area contributed by atoms with Gasteiger partial charge in [0.1, 0.15) is 5.69 Å². The second-order valence-corrected chi connectivity index (χ2v) is 6.02. The molecule has 126 valence electrons. The predicted octanol–water partition coefficient (Wildman–Crippen LogP) is 5.75. The van der Waals surface area contributed by atoms with Gasteiger partial charge in [0.2, 0.25) is 0 Å². The number of hydrogen-bond acceptors (Lipinski definition) is 3. The van der Waals surface area contributed by atoms with Crippen LogP contribution in [0.3, 0.4) is 0 Å². The van der Waals surface area contributed by atoms with Crippen molar-refractivity contribution in [2.75, 3.05) is 0 Å². The van der Waals surface area contributed by atoms with Gasteiger partial charge in [-0.15, -0.1) is 0 Å². The zero-order valence-corrected chi connectivity index (χ0v) is 14.7. The lowest BCUT2D eigenvalue weighted by atomic mass is 10.1. The summed E-state index contributed by atoms with van der Waals surface area (Å²) in [6, 6.07) is 20.0. The summed E-state index contributed by atoms with van der Waals surface area (Å²) in [7, 11) is 0. The van der Waals surface area contributed by atoms with E-state index < -0.39 is 0 Å². The quantitative estimate of drug-likeness (QED) is 0.426. The van der Waals surface area contributed by atoms with Gasteiger partial charge in [-0.3, -0.25) is 9.79 Å². The molecular weight excluding hydrogens is 308 g/mol. The first kappa shape index (κ1) is 17.0. The number of hydrogen-bond donors (Lipinski definition) is 0. The molecule has 1 heterocycles. The number of fused-ring (bicyclic) bond motifs is 1. The lowest BCUT2D eigenvalue weighted by Crippen LogP contribution is -2.08. The van der Waals surface area contributed by atoms with Gasteiger partial charge in [0.05, 0.1) is 17.1 Å². The number of nitrogens with zero attached hydrogens (tertiary/aromatic N) is 2. The van der Waals surface area contributed by atoms with Crippen LogP contribution in [0.4, 0.5) is 5.69 Å². The van der Waals surface area contributed by atoms with Crippen molar-refractivity contribution in [1.29, 1.82) is 0 Å². The van der Waals surface area contributed by atoms with Crippen LogP contribution in [0.25, 0.3) is 10.8 Å². The molecule has 0 atom stereocenters. The fourth-order valence-corrected chi connectivity index (χ4v) is 2.83. The molecule has 0 bridgehead atoms. The number of Topliss-reactive ketones (excluding diaryl/α,β-unsaturated/α-hetero) is 1. The van der Waals surface area contributed by atoms with Crippen molar-refractivity contribution < 1.29 is 4.79 Å². The van der Waals surface area contributed by atoms with Crippen LogP contribution >= 0.6 is 0 Å². The molecule has 3 rings (SSSR count). The molecule has 0 amide bonds. The number of carbonyl (C=O) groups excluding carboxylic acids is 1. The fourth-order valence-electron chi connectivity index (χ4n) is 2.83. The summed E-state index contributed by atoms with van der Waals surface area (Å²) in [6.07, 6.45) is 2.11. The minimum atomic E-state index is 0.0884. The normalized spacial score (nSPS) is 11.7. The smallest absolute Gasteiger partial charge is 0.181 e. The molecule has 0 spiro atoms. The largest absolute Gasteiger partial charge is 0.292 e. The summed E-state index contributed by atoms with van der Waals surface area (Å²) < 4.78 is 0. The number of benzene rings is 2. The number of pyridine rings is 1. The highest BCUT2D eigenvalue weighted by atomic mass is 16.1. The topological polar surface area (TPSA) is 42.3 Å². The number of rotatable bonds is 6. The van der Waals surface area contributed by atoms with Gasteiger partial charge in [-0.25, -0.2) is 4.98 Å². The summed E-state index contributed by atoms with van der Waals surface area (Å²) in [5.41, 5.74) is 3.10. The van der Waals surface area contributed by atoms with Gasteiger partial charge in [-0.05, 0) is 47.9 Å². The summed E-state index contributed by atoms with van der Waals surface area (Å²) in [4.78, 5) is 21.4. The third-order valence-electron chi connectivity index (χ3n) is 4.14. The third-order valence-corrected chi connectivity index (χ3v) is 4.14. The number of aliphatic imine (C=N–C) groups is 1. The second-order valence-electron chi connectivity index (χ2n) is 6.02. The van der Waals surface area contributed by atoms with Crippen molar-refractivity contribution >= 4 is 28.0 Å². The Balaban J connectivity index is 1.96. The Hall–Kier alpha value is -2.81. The molecule has 3 aromatic rings. The molecule has 0 N–H and O–H groups in total. The second kappa shape index (κ2) is 7.84. The van der Waals surface area contributed by atoms with E-state index in [9.17, 15) is 4.79 Å². The van der Waals surface area contributed by atoms with Crippen LogP contribution in [0.2, 0.25) is 0 Å².